The third-order valence-electron chi connectivity index (χ3n) is 1.68. The first-order valence-electron chi connectivity index (χ1n) is 4.95. The van der Waals surface area contributed by atoms with Crippen LogP contribution in [0.15, 0.2) is 60.7 Å². The van der Waals surface area contributed by atoms with E-state index in [0.29, 0.717) is 0 Å². The highest BCUT2D eigenvalue weighted by Gasteiger charge is 2.12. The van der Waals surface area contributed by atoms with E-state index in [1.54, 1.807) is 0 Å². The third-order valence-corrected chi connectivity index (χ3v) is 4.37. The van der Waals surface area contributed by atoms with Gasteiger partial charge in [-0.15, -0.1) is 0 Å². The number of hydrogen-bond acceptors (Lipinski definition) is 3. The van der Waals surface area contributed by atoms with E-state index in [9.17, 15) is 0 Å². The van der Waals surface area contributed by atoms with Crippen LogP contribution in [0.4, 0.5) is 0 Å². The van der Waals surface area contributed by atoms with Gasteiger partial charge in [0.15, 0.2) is 7.14 Å². The van der Waals surface area contributed by atoms with Gasteiger partial charge in [-0.25, -0.2) is 0 Å². The lowest BCUT2D eigenvalue weighted by Crippen LogP contribution is -3.61. The molecule has 0 spiro atoms. The summed E-state index contributed by atoms with van der Waals surface area (Å²) < 4.78 is 2.96. The Hall–Kier alpha value is -0.885. The number of benzene rings is 2. The zero-order chi connectivity index (χ0) is 12.5. The smallest absolute Gasteiger partial charge is 0.357 e. The van der Waals surface area contributed by atoms with Crippen LogP contribution in [0.2, 0.25) is 0 Å². The summed E-state index contributed by atoms with van der Waals surface area (Å²) in [6.45, 7) is 0. The minimum Gasteiger partial charge on any atom is -0.832 e. The third kappa shape index (κ3) is 7.12. The van der Waals surface area contributed by atoms with Crippen molar-refractivity contribution < 1.29 is 36.3 Å². The van der Waals surface area contributed by atoms with Crippen molar-refractivity contribution in [3.05, 3.63) is 67.8 Å². The number of rotatable bonds is 2. The summed E-state index contributed by atoms with van der Waals surface area (Å²) in [4.78, 5) is 0. The Kier molecular flexibility index (Phi) is 6.87. The Morgan fingerprint density at radius 2 is 1.06 bits per heavy atom. The van der Waals surface area contributed by atoms with Crippen LogP contribution in [0.3, 0.4) is 0 Å². The molecule has 0 saturated carbocycles. The van der Waals surface area contributed by atoms with Crippen molar-refractivity contribution in [3.8, 4) is 0 Å². The Morgan fingerprint density at radius 1 is 0.765 bits per heavy atom. The molecule has 3 nitrogen and oxygen atoms in total. The molecule has 0 unspecified atom stereocenters. The summed E-state index contributed by atoms with van der Waals surface area (Å²) in [6.07, 6.45) is 0. The summed E-state index contributed by atoms with van der Waals surface area (Å²) in [6, 6.07) is 21.4. The van der Waals surface area contributed by atoms with Crippen LogP contribution in [0.1, 0.15) is 0 Å². The maximum Gasteiger partial charge on any atom is 0.357 e. The molecule has 2 N–H and O–H groups in total. The largest absolute Gasteiger partial charge is 0.832 e. The Morgan fingerprint density at radius 3 is 1.35 bits per heavy atom. The van der Waals surface area contributed by atoms with Gasteiger partial charge in [0.05, 0.1) is 0 Å². The first kappa shape index (κ1) is 14.2. The van der Waals surface area contributed by atoms with Gasteiger partial charge in [0.2, 0.25) is 0 Å². The van der Waals surface area contributed by atoms with Crippen LogP contribution in [0.25, 0.3) is 0 Å². The molecular weight excluding hydrogens is 330 g/mol. The first-order valence-corrected chi connectivity index (χ1v) is 7.11. The van der Waals surface area contributed by atoms with E-state index in [2.05, 4.69) is 60.7 Å². The molecule has 2 aromatic carbocycles. The normalized spacial score (nSPS) is 9.12. The molecular formula is C12H12BIO3. The lowest BCUT2D eigenvalue weighted by Gasteiger charge is -1.92. The monoisotopic (exact) mass is 342 g/mol. The fourth-order valence-electron chi connectivity index (χ4n) is 1.08. The molecule has 2 aromatic rings. The molecule has 0 aliphatic carbocycles. The maximum absolute atomic E-state index is 8.64. The highest BCUT2D eigenvalue weighted by atomic mass is 127. The summed E-state index contributed by atoms with van der Waals surface area (Å²) >= 11 is 0.0287. The van der Waals surface area contributed by atoms with Crippen LogP contribution < -0.4 is 26.2 Å². The van der Waals surface area contributed by atoms with Crippen LogP contribution in [0, 0.1) is 7.14 Å². The second-order valence-corrected chi connectivity index (χ2v) is 6.04. The minimum atomic E-state index is -2.42. The van der Waals surface area contributed by atoms with Gasteiger partial charge in [0, 0.05) is 0 Å². The Labute approximate surface area is 111 Å². The summed E-state index contributed by atoms with van der Waals surface area (Å²) in [5.74, 6) is 0. The van der Waals surface area contributed by atoms with Crippen LogP contribution >= 0.6 is 0 Å². The van der Waals surface area contributed by atoms with Gasteiger partial charge in [-0.2, -0.15) is 0 Å². The molecule has 88 valence electrons. The van der Waals surface area contributed by atoms with Crippen molar-refractivity contribution >= 4 is 7.32 Å². The van der Waals surface area contributed by atoms with Gasteiger partial charge in [-0.05, 0) is 24.3 Å². The van der Waals surface area contributed by atoms with Crippen LogP contribution in [0.5, 0.6) is 0 Å². The molecule has 0 heterocycles. The fraction of sp³-hybridized carbons (Fsp3) is 0. The quantitative estimate of drug-likeness (QED) is 0.456. The van der Waals surface area contributed by atoms with Crippen LogP contribution in [-0.4, -0.2) is 17.4 Å². The van der Waals surface area contributed by atoms with E-state index in [1.807, 2.05) is 0 Å². The highest BCUT2D eigenvalue weighted by Crippen LogP contribution is 1.85. The van der Waals surface area contributed by atoms with Crippen molar-refractivity contribution in [1.82, 2.24) is 0 Å². The molecule has 0 aliphatic rings. The Balaban J connectivity index is 0.000000317. The van der Waals surface area contributed by atoms with Crippen LogP contribution in [-0.2, 0) is 0 Å². The molecule has 0 radical (unpaired) electrons. The topological polar surface area (TPSA) is 63.5 Å². The van der Waals surface area contributed by atoms with Gasteiger partial charge in [-0.1, -0.05) is 36.4 Å². The Bertz CT molecular complexity index is 368. The van der Waals surface area contributed by atoms with E-state index in [0.717, 1.165) is 0 Å². The predicted octanol–water partition coefficient (Wildman–Crippen LogP) is -2.87. The second-order valence-electron chi connectivity index (χ2n) is 3.01. The van der Waals surface area contributed by atoms with Gasteiger partial charge in [0.25, 0.3) is 0 Å². The number of halogens is 1. The summed E-state index contributed by atoms with van der Waals surface area (Å²) in [5, 5.41) is 22.8. The lowest BCUT2D eigenvalue weighted by molar-refractivity contribution is -0.597. The van der Waals surface area contributed by atoms with Gasteiger partial charge in [-0.3, -0.25) is 0 Å². The molecule has 2 rings (SSSR count). The van der Waals surface area contributed by atoms with Crippen molar-refractivity contribution in [2.45, 2.75) is 0 Å². The molecule has 17 heavy (non-hydrogen) atoms. The highest BCUT2D eigenvalue weighted by molar-refractivity contribution is 6.28. The van der Waals surface area contributed by atoms with Crippen molar-refractivity contribution in [1.29, 1.82) is 0 Å². The van der Waals surface area contributed by atoms with E-state index in [4.69, 9.17) is 15.1 Å². The average Bonchev–Trinajstić information content (AvgIpc) is 2.31. The SMILES string of the molecule is [O-]B(O)O.c1ccc([I+]c2ccccc2)cc1. The standard InChI is InChI=1S/C12H10I.BH2O3/c1-3-7-11(8-4-1)13-12-9-5-2-6-10-12;2-1(3)4/h1-10H;2-3H/q+1;-1. The van der Waals surface area contributed by atoms with Crippen molar-refractivity contribution in [2.75, 3.05) is 0 Å². The molecule has 0 saturated heterocycles. The van der Waals surface area contributed by atoms with Crippen molar-refractivity contribution in [2.24, 2.45) is 0 Å². The average molecular weight is 342 g/mol. The van der Waals surface area contributed by atoms with E-state index < -0.39 is 7.32 Å². The zero-order valence-corrected chi connectivity index (χ0v) is 11.2. The molecule has 0 aliphatic heterocycles. The molecule has 0 aromatic heterocycles. The zero-order valence-electron chi connectivity index (χ0n) is 9.03. The van der Waals surface area contributed by atoms with E-state index in [-0.39, 0.29) is 21.2 Å². The maximum atomic E-state index is 8.64. The van der Waals surface area contributed by atoms with Gasteiger partial charge in [0.1, 0.15) is 0 Å². The van der Waals surface area contributed by atoms with Crippen molar-refractivity contribution in [3.63, 3.8) is 0 Å². The summed E-state index contributed by atoms with van der Waals surface area (Å²) in [7, 11) is -2.42. The molecule has 0 atom stereocenters. The van der Waals surface area contributed by atoms with Gasteiger partial charge >= 0.3 is 28.5 Å². The predicted molar refractivity (Wildman–Crippen MR) is 60.5 cm³/mol. The second kappa shape index (κ2) is 8.24. The molecule has 0 amide bonds. The molecule has 0 bridgehead atoms. The van der Waals surface area contributed by atoms with E-state index in [1.165, 1.54) is 7.14 Å². The van der Waals surface area contributed by atoms with Gasteiger partial charge < -0.3 is 15.1 Å². The molecule has 5 heteroatoms. The van der Waals surface area contributed by atoms with E-state index >= 15 is 0 Å². The fourth-order valence-corrected chi connectivity index (χ4v) is 3.35. The minimum absolute atomic E-state index is 0.0287. The first-order chi connectivity index (χ1) is 8.18. The molecule has 0 fully saturated rings. The lowest BCUT2D eigenvalue weighted by atomic mass is 10.3. The summed E-state index contributed by atoms with van der Waals surface area (Å²) in [5.41, 5.74) is 0. The number of hydrogen-bond donors (Lipinski definition) is 2.